The molecule has 0 aliphatic carbocycles. The van der Waals surface area contributed by atoms with Crippen LogP contribution in [0.3, 0.4) is 0 Å². The molecule has 2 rings (SSSR count). The van der Waals surface area contributed by atoms with Crippen molar-refractivity contribution in [2.24, 2.45) is 0 Å². The molecule has 0 fully saturated rings. The molecule has 1 aromatic heterocycles. The summed E-state index contributed by atoms with van der Waals surface area (Å²) in [5, 5.41) is 8.84. The molecule has 0 aliphatic rings. The highest BCUT2D eigenvalue weighted by atomic mass is 16.5. The monoisotopic (exact) mass is 352 g/mol. The van der Waals surface area contributed by atoms with Crippen LogP contribution in [0, 0.1) is 25.2 Å². The van der Waals surface area contributed by atoms with Gasteiger partial charge in [0.2, 0.25) is 0 Å². The van der Waals surface area contributed by atoms with E-state index in [9.17, 15) is 9.59 Å². The summed E-state index contributed by atoms with van der Waals surface area (Å²) in [7, 11) is 0. The molecule has 1 amide bonds. The zero-order valence-electron chi connectivity index (χ0n) is 14.8. The average Bonchev–Trinajstić information content (AvgIpc) is 3.11. The van der Waals surface area contributed by atoms with Crippen LogP contribution in [0.4, 0.5) is 5.69 Å². The molecule has 6 nitrogen and oxygen atoms in total. The number of furan rings is 1. The smallest absolute Gasteiger partial charge is 0.331 e. The maximum atomic E-state index is 12.5. The molecule has 1 heterocycles. The lowest BCUT2D eigenvalue weighted by atomic mass is 10.1. The fourth-order valence-corrected chi connectivity index (χ4v) is 2.46. The average molecular weight is 352 g/mol. The van der Waals surface area contributed by atoms with Crippen LogP contribution in [0.25, 0.3) is 6.08 Å². The first-order valence-electron chi connectivity index (χ1n) is 8.13. The minimum absolute atomic E-state index is 0.186. The summed E-state index contributed by atoms with van der Waals surface area (Å²) in [5.41, 5.74) is 2.70. The number of esters is 1. The van der Waals surface area contributed by atoms with Crippen LogP contribution >= 0.6 is 0 Å². The van der Waals surface area contributed by atoms with Crippen molar-refractivity contribution in [2.75, 3.05) is 18.1 Å². The van der Waals surface area contributed by atoms with E-state index in [1.54, 1.807) is 12.1 Å². The van der Waals surface area contributed by atoms with E-state index in [0.29, 0.717) is 11.4 Å². The van der Waals surface area contributed by atoms with Crippen LogP contribution in [0.15, 0.2) is 47.1 Å². The number of nitriles is 1. The normalized spacial score (nSPS) is 10.5. The molecule has 0 saturated carbocycles. The van der Waals surface area contributed by atoms with Gasteiger partial charge in [0.25, 0.3) is 5.91 Å². The number of carbonyl (C=O) groups is 2. The molecule has 0 N–H and O–H groups in total. The Kier molecular flexibility index (Phi) is 6.75. The van der Waals surface area contributed by atoms with Crippen LogP contribution in [-0.2, 0) is 14.3 Å². The highest BCUT2D eigenvalue weighted by Gasteiger charge is 2.17. The molecular weight excluding hydrogens is 332 g/mol. The van der Waals surface area contributed by atoms with Gasteiger partial charge in [-0.15, -0.1) is 0 Å². The summed E-state index contributed by atoms with van der Waals surface area (Å²) < 4.78 is 10.1. The molecule has 0 saturated heterocycles. The number of hydrogen-bond acceptors (Lipinski definition) is 5. The lowest BCUT2D eigenvalue weighted by molar-refractivity contribution is -0.142. The lowest BCUT2D eigenvalue weighted by Gasteiger charge is -2.22. The first kappa shape index (κ1) is 19.0. The summed E-state index contributed by atoms with van der Waals surface area (Å²) in [6, 6.07) is 11.1. The highest BCUT2D eigenvalue weighted by Crippen LogP contribution is 2.19. The maximum absolute atomic E-state index is 12.5. The molecule has 2 aromatic rings. The van der Waals surface area contributed by atoms with Gasteiger partial charge in [0.1, 0.15) is 5.76 Å². The molecule has 134 valence electrons. The Balaban J connectivity index is 2.02. The van der Waals surface area contributed by atoms with Gasteiger partial charge < -0.3 is 14.1 Å². The van der Waals surface area contributed by atoms with Crippen molar-refractivity contribution in [3.63, 3.8) is 0 Å². The van der Waals surface area contributed by atoms with Gasteiger partial charge in [-0.3, -0.25) is 4.79 Å². The largest absolute Gasteiger partial charge is 0.465 e. The van der Waals surface area contributed by atoms with E-state index in [0.717, 1.165) is 11.1 Å². The fraction of sp³-hybridized carbons (Fsp3) is 0.250. The number of hydrogen-bond donors (Lipinski definition) is 0. The Morgan fingerprint density at radius 3 is 2.62 bits per heavy atom. The maximum Gasteiger partial charge on any atom is 0.331 e. The number of nitrogens with zero attached hydrogens (tertiary/aromatic N) is 2. The van der Waals surface area contributed by atoms with Crippen LogP contribution in [-0.4, -0.2) is 25.0 Å². The van der Waals surface area contributed by atoms with Crippen LogP contribution in [0.2, 0.25) is 0 Å². The quantitative estimate of drug-likeness (QED) is 0.563. The van der Waals surface area contributed by atoms with Crippen LogP contribution in [0.5, 0.6) is 0 Å². The van der Waals surface area contributed by atoms with Crippen molar-refractivity contribution in [3.05, 3.63) is 59.6 Å². The van der Waals surface area contributed by atoms with Crippen molar-refractivity contribution >= 4 is 23.6 Å². The van der Waals surface area contributed by atoms with E-state index in [1.807, 2.05) is 38.1 Å². The number of benzene rings is 1. The Hall–Kier alpha value is -3.33. The molecule has 0 atom stereocenters. The summed E-state index contributed by atoms with van der Waals surface area (Å²) in [6.07, 6.45) is 4.34. The van der Waals surface area contributed by atoms with Gasteiger partial charge in [-0.2, -0.15) is 5.26 Å². The summed E-state index contributed by atoms with van der Waals surface area (Å²) >= 11 is 0. The van der Waals surface area contributed by atoms with E-state index in [4.69, 9.17) is 14.4 Å². The van der Waals surface area contributed by atoms with Gasteiger partial charge in [0.15, 0.2) is 6.61 Å². The number of aryl methyl sites for hydroxylation is 2. The Morgan fingerprint density at radius 2 is 2.00 bits per heavy atom. The Morgan fingerprint density at radius 1 is 1.27 bits per heavy atom. The molecule has 0 unspecified atom stereocenters. The standard InChI is InChI=1S/C20H20N2O4/c1-15-11-16(2)13-17(12-15)22(9-4-8-21)19(23)14-26-20(24)7-6-18-5-3-10-25-18/h3,5-7,10-13H,4,9,14H2,1-2H3/b7-6+. The minimum atomic E-state index is -0.643. The first-order valence-corrected chi connectivity index (χ1v) is 8.13. The third kappa shape index (κ3) is 5.64. The minimum Gasteiger partial charge on any atom is -0.465 e. The van der Waals surface area contributed by atoms with Gasteiger partial charge in [-0.25, -0.2) is 4.79 Å². The van der Waals surface area contributed by atoms with Crippen LogP contribution in [0.1, 0.15) is 23.3 Å². The number of amides is 1. The van der Waals surface area contributed by atoms with Crippen molar-refractivity contribution in [1.82, 2.24) is 0 Å². The van der Waals surface area contributed by atoms with Gasteiger partial charge in [-0.1, -0.05) is 6.07 Å². The topological polar surface area (TPSA) is 83.5 Å². The zero-order chi connectivity index (χ0) is 18.9. The number of carbonyl (C=O) groups excluding carboxylic acids is 2. The third-order valence-electron chi connectivity index (χ3n) is 3.53. The summed E-state index contributed by atoms with van der Waals surface area (Å²) in [6.45, 7) is 3.70. The highest BCUT2D eigenvalue weighted by molar-refractivity contribution is 5.96. The predicted octanol–water partition coefficient (Wildman–Crippen LogP) is 3.40. The molecule has 0 bridgehead atoms. The van der Waals surface area contributed by atoms with Gasteiger partial charge in [0.05, 0.1) is 18.8 Å². The van der Waals surface area contributed by atoms with Gasteiger partial charge in [-0.05, 0) is 55.3 Å². The zero-order valence-corrected chi connectivity index (χ0v) is 14.8. The van der Waals surface area contributed by atoms with Crippen LogP contribution < -0.4 is 4.90 Å². The van der Waals surface area contributed by atoms with Crippen molar-refractivity contribution < 1.29 is 18.7 Å². The van der Waals surface area contributed by atoms with Crippen molar-refractivity contribution in [2.45, 2.75) is 20.3 Å². The second kappa shape index (κ2) is 9.23. The summed E-state index contributed by atoms with van der Waals surface area (Å²) in [5.74, 6) is -0.514. The van der Waals surface area contributed by atoms with Crippen molar-refractivity contribution in [3.8, 4) is 6.07 Å². The molecule has 1 aromatic carbocycles. The number of rotatable bonds is 7. The Bertz CT molecular complexity index is 812. The number of anilines is 1. The van der Waals surface area contributed by atoms with E-state index in [1.165, 1.54) is 23.3 Å². The molecule has 0 radical (unpaired) electrons. The van der Waals surface area contributed by atoms with E-state index in [2.05, 4.69) is 0 Å². The molecule has 0 aliphatic heterocycles. The van der Waals surface area contributed by atoms with E-state index < -0.39 is 12.6 Å². The molecule has 6 heteroatoms. The molecule has 0 spiro atoms. The second-order valence-corrected chi connectivity index (χ2v) is 5.76. The Labute approximate surface area is 152 Å². The molecular formula is C20H20N2O4. The lowest BCUT2D eigenvalue weighted by Crippen LogP contribution is -2.35. The van der Waals surface area contributed by atoms with Gasteiger partial charge >= 0.3 is 5.97 Å². The predicted molar refractivity (Wildman–Crippen MR) is 97.2 cm³/mol. The fourth-order valence-electron chi connectivity index (χ4n) is 2.46. The summed E-state index contributed by atoms with van der Waals surface area (Å²) in [4.78, 5) is 25.7. The van der Waals surface area contributed by atoms with Gasteiger partial charge in [0, 0.05) is 18.3 Å². The van der Waals surface area contributed by atoms with E-state index >= 15 is 0 Å². The SMILES string of the molecule is Cc1cc(C)cc(N(CCC#N)C(=O)COC(=O)/C=C/c2ccco2)c1. The van der Waals surface area contributed by atoms with Crippen molar-refractivity contribution in [1.29, 1.82) is 5.26 Å². The second-order valence-electron chi connectivity index (χ2n) is 5.76. The third-order valence-corrected chi connectivity index (χ3v) is 3.53. The molecule has 26 heavy (non-hydrogen) atoms. The number of ether oxygens (including phenoxy) is 1. The first-order chi connectivity index (χ1) is 12.5. The van der Waals surface area contributed by atoms with E-state index in [-0.39, 0.29) is 18.9 Å².